The Bertz CT molecular complexity index is 528. The van der Waals surface area contributed by atoms with Crippen LogP contribution in [-0.4, -0.2) is 44.7 Å². The van der Waals surface area contributed by atoms with E-state index in [4.69, 9.17) is 5.11 Å². The molecule has 0 bridgehead atoms. The molecule has 0 radical (unpaired) electrons. The molecule has 0 aromatic heterocycles. The minimum atomic E-state index is -1.06. The highest BCUT2D eigenvalue weighted by atomic mass is 16.4. The molecule has 1 amide bonds. The molecule has 1 saturated heterocycles. The molecule has 1 heterocycles. The molecular formula is C13H15NO5. The molecule has 1 aromatic rings. The van der Waals surface area contributed by atoms with Gasteiger partial charge in [-0.05, 0) is 24.5 Å². The first-order valence-corrected chi connectivity index (χ1v) is 5.98. The molecule has 0 saturated carbocycles. The lowest BCUT2D eigenvalue weighted by Gasteiger charge is -2.23. The number of carbonyl (C=O) groups is 2. The summed E-state index contributed by atoms with van der Waals surface area (Å²) in [6.07, 6.45) is 0.599. The summed E-state index contributed by atoms with van der Waals surface area (Å²) < 4.78 is 0. The lowest BCUT2D eigenvalue weighted by molar-refractivity contribution is -0.142. The zero-order valence-corrected chi connectivity index (χ0v) is 10.4. The van der Waals surface area contributed by atoms with Crippen LogP contribution in [0.4, 0.5) is 0 Å². The predicted molar refractivity (Wildman–Crippen MR) is 66.0 cm³/mol. The fraction of sp³-hybridized carbons (Fsp3) is 0.385. The van der Waals surface area contributed by atoms with Crippen molar-refractivity contribution < 1.29 is 24.9 Å². The van der Waals surface area contributed by atoms with Crippen molar-refractivity contribution in [1.29, 1.82) is 0 Å². The third kappa shape index (κ3) is 2.21. The normalized spacial score (nSPS) is 22.5. The zero-order valence-electron chi connectivity index (χ0n) is 10.4. The summed E-state index contributed by atoms with van der Waals surface area (Å²) in [6.45, 7) is 2.10. The number of para-hydroxylation sites is 1. The van der Waals surface area contributed by atoms with Crippen LogP contribution >= 0.6 is 0 Å². The highest BCUT2D eigenvalue weighted by Crippen LogP contribution is 2.32. The molecule has 2 rings (SSSR count). The van der Waals surface area contributed by atoms with Gasteiger partial charge in [-0.1, -0.05) is 13.0 Å². The summed E-state index contributed by atoms with van der Waals surface area (Å²) in [4.78, 5) is 24.7. The van der Waals surface area contributed by atoms with Crippen LogP contribution < -0.4 is 0 Å². The molecule has 1 aliphatic rings. The molecule has 1 aliphatic heterocycles. The van der Waals surface area contributed by atoms with Gasteiger partial charge in [0.15, 0.2) is 11.5 Å². The van der Waals surface area contributed by atoms with Gasteiger partial charge >= 0.3 is 5.97 Å². The topological polar surface area (TPSA) is 98.1 Å². The number of hydrogen-bond donors (Lipinski definition) is 3. The second-order valence-corrected chi connectivity index (χ2v) is 4.72. The number of nitrogens with zero attached hydrogens (tertiary/aromatic N) is 1. The number of rotatable bonds is 2. The highest BCUT2D eigenvalue weighted by Gasteiger charge is 2.40. The van der Waals surface area contributed by atoms with Crippen LogP contribution in [0.15, 0.2) is 18.2 Å². The Hall–Kier alpha value is -2.24. The first-order chi connectivity index (χ1) is 8.93. The SMILES string of the molecule is CC1CCN(C(=O)c2cccc(O)c2O)C1C(=O)O. The molecule has 0 aliphatic carbocycles. The van der Waals surface area contributed by atoms with Gasteiger partial charge in [0, 0.05) is 6.54 Å². The Morgan fingerprint density at radius 3 is 2.63 bits per heavy atom. The number of amides is 1. The van der Waals surface area contributed by atoms with Gasteiger partial charge in [0.25, 0.3) is 5.91 Å². The average molecular weight is 265 g/mol. The minimum absolute atomic E-state index is 0.0830. The lowest BCUT2D eigenvalue weighted by atomic mass is 10.0. The van der Waals surface area contributed by atoms with E-state index >= 15 is 0 Å². The molecule has 0 spiro atoms. The number of aliphatic carboxylic acids is 1. The van der Waals surface area contributed by atoms with Crippen LogP contribution in [0.5, 0.6) is 11.5 Å². The summed E-state index contributed by atoms with van der Waals surface area (Å²) in [5, 5.41) is 28.2. The summed E-state index contributed by atoms with van der Waals surface area (Å²) in [5.74, 6) is -2.69. The van der Waals surface area contributed by atoms with Gasteiger partial charge in [0.2, 0.25) is 0 Å². The smallest absolute Gasteiger partial charge is 0.326 e. The summed E-state index contributed by atoms with van der Waals surface area (Å²) in [7, 11) is 0. The lowest BCUT2D eigenvalue weighted by Crippen LogP contribution is -2.42. The van der Waals surface area contributed by atoms with E-state index in [1.165, 1.54) is 23.1 Å². The van der Waals surface area contributed by atoms with Crippen molar-refractivity contribution in [2.45, 2.75) is 19.4 Å². The number of phenols is 2. The largest absolute Gasteiger partial charge is 0.504 e. The summed E-state index contributed by atoms with van der Waals surface area (Å²) >= 11 is 0. The third-order valence-corrected chi connectivity index (χ3v) is 3.46. The molecule has 1 fully saturated rings. The van der Waals surface area contributed by atoms with Crippen LogP contribution in [0.1, 0.15) is 23.7 Å². The summed E-state index contributed by atoms with van der Waals surface area (Å²) in [6, 6.07) is 3.15. The monoisotopic (exact) mass is 265 g/mol. The van der Waals surface area contributed by atoms with E-state index in [9.17, 15) is 19.8 Å². The van der Waals surface area contributed by atoms with Gasteiger partial charge < -0.3 is 20.2 Å². The van der Waals surface area contributed by atoms with E-state index in [1.807, 2.05) is 0 Å². The van der Waals surface area contributed by atoms with Gasteiger partial charge in [-0.25, -0.2) is 4.79 Å². The number of phenolic OH excluding ortho intramolecular Hbond substituents is 2. The van der Waals surface area contributed by atoms with Crippen molar-refractivity contribution >= 4 is 11.9 Å². The maximum Gasteiger partial charge on any atom is 0.326 e. The molecule has 102 valence electrons. The van der Waals surface area contributed by atoms with Gasteiger partial charge in [-0.3, -0.25) is 4.79 Å². The third-order valence-electron chi connectivity index (χ3n) is 3.46. The van der Waals surface area contributed by atoms with Crippen molar-refractivity contribution in [3.05, 3.63) is 23.8 Å². The summed E-state index contributed by atoms with van der Waals surface area (Å²) in [5.41, 5.74) is -0.0830. The van der Waals surface area contributed by atoms with Crippen molar-refractivity contribution in [2.75, 3.05) is 6.54 Å². The van der Waals surface area contributed by atoms with Gasteiger partial charge in [0.05, 0.1) is 5.56 Å². The molecule has 3 N–H and O–H groups in total. The molecule has 6 heteroatoms. The van der Waals surface area contributed by atoms with E-state index < -0.39 is 29.4 Å². The van der Waals surface area contributed by atoms with Crippen molar-refractivity contribution in [1.82, 2.24) is 4.90 Å². The molecule has 2 atom stereocenters. The second-order valence-electron chi connectivity index (χ2n) is 4.72. The van der Waals surface area contributed by atoms with Crippen molar-refractivity contribution in [3.8, 4) is 11.5 Å². The van der Waals surface area contributed by atoms with Crippen LogP contribution in [0.3, 0.4) is 0 Å². The highest BCUT2D eigenvalue weighted by molar-refractivity contribution is 5.99. The minimum Gasteiger partial charge on any atom is -0.504 e. The first kappa shape index (κ1) is 13.2. The number of hydrogen-bond acceptors (Lipinski definition) is 4. The van der Waals surface area contributed by atoms with Crippen molar-refractivity contribution in [3.63, 3.8) is 0 Å². The Balaban J connectivity index is 2.34. The Labute approximate surface area is 109 Å². The van der Waals surface area contributed by atoms with Crippen LogP contribution in [0.2, 0.25) is 0 Å². The van der Waals surface area contributed by atoms with E-state index in [1.54, 1.807) is 6.92 Å². The fourth-order valence-electron chi connectivity index (χ4n) is 2.41. The quantitative estimate of drug-likeness (QED) is 0.694. The van der Waals surface area contributed by atoms with E-state index in [2.05, 4.69) is 0 Å². The van der Waals surface area contributed by atoms with E-state index in [-0.39, 0.29) is 11.5 Å². The number of likely N-dealkylation sites (tertiary alicyclic amines) is 1. The van der Waals surface area contributed by atoms with Gasteiger partial charge in [-0.2, -0.15) is 0 Å². The van der Waals surface area contributed by atoms with E-state index in [0.29, 0.717) is 13.0 Å². The van der Waals surface area contributed by atoms with Gasteiger partial charge in [0.1, 0.15) is 6.04 Å². The maximum absolute atomic E-state index is 12.3. The standard InChI is InChI=1S/C13H15NO5/c1-7-5-6-14(10(7)13(18)19)12(17)8-3-2-4-9(15)11(8)16/h2-4,7,10,15-16H,5-6H2,1H3,(H,18,19). The molecule has 6 nitrogen and oxygen atoms in total. The Morgan fingerprint density at radius 1 is 1.32 bits per heavy atom. The number of benzene rings is 1. The number of carbonyl (C=O) groups excluding carboxylic acids is 1. The average Bonchev–Trinajstić information content (AvgIpc) is 2.74. The number of carboxylic acids is 1. The first-order valence-electron chi connectivity index (χ1n) is 5.98. The second kappa shape index (κ2) is 4.79. The molecule has 1 aromatic carbocycles. The van der Waals surface area contributed by atoms with Crippen LogP contribution in [-0.2, 0) is 4.79 Å². The zero-order chi connectivity index (χ0) is 14.2. The molecular weight excluding hydrogens is 250 g/mol. The number of aromatic hydroxyl groups is 2. The van der Waals surface area contributed by atoms with Crippen LogP contribution in [0.25, 0.3) is 0 Å². The Kier molecular flexibility index (Phi) is 3.33. The van der Waals surface area contributed by atoms with Crippen LogP contribution in [0, 0.1) is 5.92 Å². The van der Waals surface area contributed by atoms with Gasteiger partial charge in [-0.15, -0.1) is 0 Å². The Morgan fingerprint density at radius 2 is 2.00 bits per heavy atom. The maximum atomic E-state index is 12.3. The van der Waals surface area contributed by atoms with Crippen molar-refractivity contribution in [2.24, 2.45) is 5.92 Å². The molecule has 19 heavy (non-hydrogen) atoms. The predicted octanol–water partition coefficient (Wildman–Crippen LogP) is 1.03. The van der Waals surface area contributed by atoms with E-state index in [0.717, 1.165) is 0 Å². The molecule has 2 unspecified atom stereocenters. The number of carboxylic acid groups (broad SMARTS) is 1. The fourth-order valence-corrected chi connectivity index (χ4v) is 2.41.